The number of hydrogen-bond acceptors (Lipinski definition) is 3. The van der Waals surface area contributed by atoms with Crippen molar-refractivity contribution in [3.8, 4) is 0 Å². The van der Waals surface area contributed by atoms with E-state index in [0.29, 0.717) is 12.5 Å². The summed E-state index contributed by atoms with van der Waals surface area (Å²) in [4.78, 5) is 20.0. The van der Waals surface area contributed by atoms with Crippen LogP contribution in [0, 0.1) is 0 Å². The van der Waals surface area contributed by atoms with E-state index in [1.807, 2.05) is 0 Å². The van der Waals surface area contributed by atoms with E-state index in [1.165, 1.54) is 32.1 Å². The van der Waals surface area contributed by atoms with Gasteiger partial charge in [-0.15, -0.1) is 0 Å². The van der Waals surface area contributed by atoms with Crippen molar-refractivity contribution in [3.63, 3.8) is 0 Å². The van der Waals surface area contributed by atoms with Crippen molar-refractivity contribution < 1.29 is 4.79 Å². The summed E-state index contributed by atoms with van der Waals surface area (Å²) in [5.41, 5.74) is 0. The van der Waals surface area contributed by atoms with Crippen molar-refractivity contribution in [2.24, 2.45) is 9.98 Å². The molecule has 1 unspecified atom stereocenters. The van der Waals surface area contributed by atoms with Gasteiger partial charge < -0.3 is 0 Å². The zero-order valence-electron chi connectivity index (χ0n) is 9.82. The van der Waals surface area contributed by atoms with E-state index in [2.05, 4.69) is 16.0 Å². The number of hydrogen-bond donors (Lipinski definition) is 0. The molecule has 0 bridgehead atoms. The van der Waals surface area contributed by atoms with Gasteiger partial charge in [-0.05, 0) is 25.7 Å². The molecule has 0 N–H and O–H groups in total. The van der Waals surface area contributed by atoms with Crippen LogP contribution in [0.2, 0.25) is 0 Å². The highest BCUT2D eigenvalue weighted by Crippen LogP contribution is 2.20. The molecule has 2 saturated carbocycles. The van der Waals surface area contributed by atoms with Gasteiger partial charge in [0.1, 0.15) is 6.04 Å². The van der Waals surface area contributed by atoms with Crippen LogP contribution < -0.4 is 0 Å². The van der Waals surface area contributed by atoms with Crippen molar-refractivity contribution >= 4 is 11.8 Å². The van der Waals surface area contributed by atoms with E-state index in [-0.39, 0.29) is 11.8 Å². The summed E-state index contributed by atoms with van der Waals surface area (Å²) in [6.45, 7) is 0. The Morgan fingerprint density at radius 2 is 1.69 bits per heavy atom. The molecule has 1 atom stereocenters. The van der Waals surface area contributed by atoms with Gasteiger partial charge >= 0.3 is 0 Å². The first-order valence-corrected chi connectivity index (χ1v) is 6.53. The molecule has 0 amide bonds. The van der Waals surface area contributed by atoms with E-state index in [0.717, 1.165) is 19.3 Å². The number of nitrogens with zero attached hydrogens (tertiary/aromatic N) is 2. The quantitative estimate of drug-likeness (QED) is 0.659. The van der Waals surface area contributed by atoms with Crippen LogP contribution in [-0.4, -0.2) is 23.9 Å². The van der Waals surface area contributed by atoms with E-state index in [1.54, 1.807) is 0 Å². The van der Waals surface area contributed by atoms with Crippen molar-refractivity contribution in [1.29, 1.82) is 0 Å². The molecule has 88 valence electrons. The van der Waals surface area contributed by atoms with Gasteiger partial charge in [0.2, 0.25) is 0 Å². The number of carbonyl (C=O) groups excluding carboxylic acids is 1. The highest BCUT2D eigenvalue weighted by atomic mass is 16.1. The lowest BCUT2D eigenvalue weighted by atomic mass is 9.95. The standard InChI is InChI=1S/C13H20N2O/c16-13-9-5-4-8-12(13)15-10-14-11-6-2-1-3-7-11/h11-12H,1-9H2. The Bertz CT molecular complexity index is 299. The highest BCUT2D eigenvalue weighted by Gasteiger charge is 2.20. The molecule has 16 heavy (non-hydrogen) atoms. The zero-order valence-corrected chi connectivity index (χ0v) is 9.82. The Hall–Kier alpha value is -0.950. The summed E-state index contributed by atoms with van der Waals surface area (Å²) in [5, 5.41) is 0. The Kier molecular flexibility index (Phi) is 4.29. The lowest BCUT2D eigenvalue weighted by Gasteiger charge is -2.16. The zero-order chi connectivity index (χ0) is 11.2. The van der Waals surface area contributed by atoms with Crippen molar-refractivity contribution in [2.75, 3.05) is 0 Å². The van der Waals surface area contributed by atoms with E-state index in [9.17, 15) is 4.79 Å². The van der Waals surface area contributed by atoms with Crippen molar-refractivity contribution in [1.82, 2.24) is 0 Å². The molecule has 2 aliphatic rings. The van der Waals surface area contributed by atoms with Gasteiger partial charge in [0.05, 0.1) is 12.1 Å². The fraction of sp³-hybridized carbons (Fsp3) is 0.846. The fourth-order valence-corrected chi connectivity index (χ4v) is 2.50. The Labute approximate surface area is 97.1 Å². The van der Waals surface area contributed by atoms with Crippen molar-refractivity contribution in [2.45, 2.75) is 69.9 Å². The fourth-order valence-electron chi connectivity index (χ4n) is 2.50. The minimum Gasteiger partial charge on any atom is -0.297 e. The molecule has 3 nitrogen and oxygen atoms in total. The van der Waals surface area contributed by atoms with Crippen LogP contribution >= 0.6 is 0 Å². The van der Waals surface area contributed by atoms with Gasteiger partial charge in [-0.25, -0.2) is 9.98 Å². The Morgan fingerprint density at radius 1 is 0.938 bits per heavy atom. The maximum Gasteiger partial charge on any atom is 0.158 e. The Morgan fingerprint density at radius 3 is 2.44 bits per heavy atom. The third-order valence-electron chi connectivity index (χ3n) is 3.55. The van der Waals surface area contributed by atoms with Crippen LogP contribution in [0.15, 0.2) is 9.98 Å². The molecule has 2 aliphatic carbocycles. The number of ketones is 1. The first-order valence-electron chi connectivity index (χ1n) is 6.53. The summed E-state index contributed by atoms with van der Waals surface area (Å²) in [5.74, 6) is 0.276. The molecule has 2 fully saturated rings. The predicted molar refractivity (Wildman–Crippen MR) is 64.0 cm³/mol. The van der Waals surface area contributed by atoms with Crippen LogP contribution in [0.25, 0.3) is 0 Å². The summed E-state index contributed by atoms with van der Waals surface area (Å²) in [6, 6.07) is 3.06. The van der Waals surface area contributed by atoms with Gasteiger partial charge in [0.25, 0.3) is 0 Å². The molecule has 0 saturated heterocycles. The predicted octanol–water partition coefficient (Wildman–Crippen LogP) is 3.00. The number of rotatable bonds is 2. The molecular formula is C13H20N2O. The van der Waals surface area contributed by atoms with Crippen LogP contribution in [0.4, 0.5) is 0 Å². The normalized spacial score (nSPS) is 27.2. The summed E-state index contributed by atoms with van der Waals surface area (Å²) < 4.78 is 0. The van der Waals surface area contributed by atoms with Gasteiger partial charge in [-0.1, -0.05) is 25.7 Å². The lowest BCUT2D eigenvalue weighted by molar-refractivity contribution is -0.121. The van der Waals surface area contributed by atoms with E-state index < -0.39 is 0 Å². The molecule has 2 rings (SSSR count). The molecule has 3 heteroatoms. The van der Waals surface area contributed by atoms with Crippen LogP contribution in [0.5, 0.6) is 0 Å². The summed E-state index contributed by atoms with van der Waals surface area (Å²) in [6.07, 6.45) is 9.96. The first-order chi connectivity index (χ1) is 7.86. The molecular weight excluding hydrogens is 200 g/mol. The summed E-state index contributed by atoms with van der Waals surface area (Å²) in [7, 11) is 0. The maximum absolute atomic E-state index is 11.5. The number of carbonyl (C=O) groups is 1. The second kappa shape index (κ2) is 5.95. The molecule has 0 heterocycles. The smallest absolute Gasteiger partial charge is 0.158 e. The second-order valence-electron chi connectivity index (χ2n) is 4.88. The van der Waals surface area contributed by atoms with Crippen LogP contribution in [0.3, 0.4) is 0 Å². The number of aliphatic imine (C=N–C) groups is 2. The number of Topliss-reactive ketones (excluding diaryl/α,β-unsaturated/α-hetero) is 1. The molecule has 0 radical (unpaired) electrons. The van der Waals surface area contributed by atoms with E-state index >= 15 is 0 Å². The van der Waals surface area contributed by atoms with Crippen LogP contribution in [0.1, 0.15) is 57.8 Å². The average Bonchev–Trinajstić information content (AvgIpc) is 2.33. The lowest BCUT2D eigenvalue weighted by Crippen LogP contribution is -2.22. The molecule has 0 aromatic carbocycles. The molecule has 0 aliphatic heterocycles. The third-order valence-corrected chi connectivity index (χ3v) is 3.55. The SMILES string of the molecule is O=C1CCCCC1N=C=NC1CCCCC1. The molecule has 0 spiro atoms. The molecule has 0 aromatic heterocycles. The topological polar surface area (TPSA) is 41.8 Å². The Balaban J connectivity index is 1.86. The molecule has 0 aromatic rings. The van der Waals surface area contributed by atoms with Gasteiger partial charge in [0, 0.05) is 6.42 Å². The minimum atomic E-state index is -0.138. The first kappa shape index (κ1) is 11.5. The highest BCUT2D eigenvalue weighted by molar-refractivity contribution is 5.85. The van der Waals surface area contributed by atoms with Gasteiger partial charge in [0.15, 0.2) is 5.78 Å². The third kappa shape index (κ3) is 3.28. The maximum atomic E-state index is 11.5. The monoisotopic (exact) mass is 220 g/mol. The largest absolute Gasteiger partial charge is 0.297 e. The van der Waals surface area contributed by atoms with Crippen LogP contribution in [-0.2, 0) is 4.79 Å². The van der Waals surface area contributed by atoms with Crippen molar-refractivity contribution in [3.05, 3.63) is 0 Å². The van der Waals surface area contributed by atoms with Gasteiger partial charge in [-0.2, -0.15) is 0 Å². The average molecular weight is 220 g/mol. The summed E-state index contributed by atoms with van der Waals surface area (Å²) >= 11 is 0. The second-order valence-corrected chi connectivity index (χ2v) is 4.88. The van der Waals surface area contributed by atoms with Gasteiger partial charge in [-0.3, -0.25) is 4.79 Å². The minimum absolute atomic E-state index is 0.138. The van der Waals surface area contributed by atoms with E-state index in [4.69, 9.17) is 0 Å².